The van der Waals surface area contributed by atoms with E-state index in [1.807, 2.05) is 0 Å². The summed E-state index contributed by atoms with van der Waals surface area (Å²) in [6.07, 6.45) is 0.431. The van der Waals surface area contributed by atoms with Crippen LogP contribution in [-0.2, 0) is 13.0 Å². The first-order valence-electron chi connectivity index (χ1n) is 8.45. The monoisotopic (exact) mass is 383 g/mol. The second-order valence-electron chi connectivity index (χ2n) is 6.30. The number of carbonyl (C=O) groups excluding carboxylic acids is 1. The van der Waals surface area contributed by atoms with Gasteiger partial charge >= 0.3 is 0 Å². The molecule has 27 heavy (non-hydrogen) atoms. The van der Waals surface area contributed by atoms with Gasteiger partial charge in [0.2, 0.25) is 0 Å². The zero-order chi connectivity index (χ0) is 19.0. The number of rotatable bonds is 2. The Hall–Kier alpha value is -2.99. The van der Waals surface area contributed by atoms with Gasteiger partial charge in [-0.2, -0.15) is 0 Å². The highest BCUT2D eigenvalue weighted by Crippen LogP contribution is 2.22. The van der Waals surface area contributed by atoms with Gasteiger partial charge < -0.3 is 9.88 Å². The highest BCUT2D eigenvalue weighted by Gasteiger charge is 2.25. The highest BCUT2D eigenvalue weighted by molar-refractivity contribution is 6.30. The van der Waals surface area contributed by atoms with Crippen LogP contribution in [-0.4, -0.2) is 27.3 Å². The molecule has 1 aliphatic heterocycles. The molecule has 0 aliphatic carbocycles. The average Bonchev–Trinajstić information content (AvgIpc) is 2.68. The number of halogens is 2. The molecule has 1 N–H and O–H groups in total. The quantitative estimate of drug-likeness (QED) is 0.737. The van der Waals surface area contributed by atoms with Gasteiger partial charge in [-0.1, -0.05) is 23.7 Å². The fraction of sp³-hybridized carbons (Fsp3) is 0.150. The maximum atomic E-state index is 14.0. The molecule has 0 fully saturated rings. The molecule has 0 bridgehead atoms. The van der Waals surface area contributed by atoms with E-state index < -0.39 is 5.82 Å². The minimum absolute atomic E-state index is 0.163. The molecule has 7 heteroatoms. The topological polar surface area (TPSA) is 66.1 Å². The molecular weight excluding hydrogens is 369 g/mol. The molecule has 5 nitrogen and oxygen atoms in total. The van der Waals surface area contributed by atoms with Crippen molar-refractivity contribution in [3.05, 3.63) is 86.5 Å². The van der Waals surface area contributed by atoms with E-state index in [0.29, 0.717) is 34.8 Å². The molecule has 3 aromatic rings. The van der Waals surface area contributed by atoms with E-state index in [-0.39, 0.29) is 29.4 Å². The van der Waals surface area contributed by atoms with Crippen LogP contribution in [0.1, 0.15) is 21.6 Å². The third-order valence-electron chi connectivity index (χ3n) is 4.58. The SMILES string of the molecule is O=C(c1ccc(Cl)cc1)N1CCc2nc(-c3ccccc3F)[nH]c(=O)c2C1. The number of hydrogen-bond acceptors (Lipinski definition) is 3. The van der Waals surface area contributed by atoms with E-state index >= 15 is 0 Å². The number of aromatic nitrogens is 2. The Bertz CT molecular complexity index is 1080. The molecule has 0 saturated heterocycles. The summed E-state index contributed by atoms with van der Waals surface area (Å²) in [7, 11) is 0. The van der Waals surface area contributed by atoms with Crippen LogP contribution in [0.4, 0.5) is 4.39 Å². The van der Waals surface area contributed by atoms with Crippen molar-refractivity contribution < 1.29 is 9.18 Å². The molecule has 1 aromatic heterocycles. The van der Waals surface area contributed by atoms with Crippen molar-refractivity contribution in [2.24, 2.45) is 0 Å². The summed E-state index contributed by atoms with van der Waals surface area (Å²) in [6.45, 7) is 0.596. The van der Waals surface area contributed by atoms with Gasteiger partial charge in [0.15, 0.2) is 0 Å². The maximum Gasteiger partial charge on any atom is 0.256 e. The minimum Gasteiger partial charge on any atom is -0.334 e. The zero-order valence-corrected chi connectivity index (χ0v) is 15.0. The average molecular weight is 384 g/mol. The molecule has 2 aromatic carbocycles. The van der Waals surface area contributed by atoms with Gasteiger partial charge in [0.25, 0.3) is 11.5 Å². The largest absolute Gasteiger partial charge is 0.334 e. The Labute approximate surface area is 159 Å². The minimum atomic E-state index is -0.448. The molecule has 0 unspecified atom stereocenters. The van der Waals surface area contributed by atoms with Gasteiger partial charge in [0, 0.05) is 23.6 Å². The molecule has 0 spiro atoms. The van der Waals surface area contributed by atoms with E-state index in [1.54, 1.807) is 47.4 Å². The highest BCUT2D eigenvalue weighted by atomic mass is 35.5. The summed E-state index contributed by atoms with van der Waals surface area (Å²) in [5.74, 6) is -0.417. The Morgan fingerprint density at radius 1 is 1.15 bits per heavy atom. The van der Waals surface area contributed by atoms with Crippen molar-refractivity contribution in [1.82, 2.24) is 14.9 Å². The zero-order valence-electron chi connectivity index (χ0n) is 14.2. The van der Waals surface area contributed by atoms with Crippen LogP contribution >= 0.6 is 11.6 Å². The lowest BCUT2D eigenvalue weighted by atomic mass is 10.0. The van der Waals surface area contributed by atoms with Gasteiger partial charge in [-0.05, 0) is 36.4 Å². The first kappa shape index (κ1) is 17.4. The first-order valence-corrected chi connectivity index (χ1v) is 8.82. The predicted molar refractivity (Wildman–Crippen MR) is 100 cm³/mol. The summed E-state index contributed by atoms with van der Waals surface area (Å²) < 4.78 is 14.0. The van der Waals surface area contributed by atoms with Crippen molar-refractivity contribution in [2.75, 3.05) is 6.54 Å². The standard InChI is InChI=1S/C20H15ClFN3O2/c21-13-7-5-12(6-8-13)20(27)25-10-9-17-15(11-25)19(26)24-18(23-17)14-3-1-2-4-16(14)22/h1-8H,9-11H2,(H,23,24,26). The predicted octanol–water partition coefficient (Wildman–Crippen LogP) is 3.43. The summed E-state index contributed by atoms with van der Waals surface area (Å²) in [5, 5.41) is 0.553. The van der Waals surface area contributed by atoms with E-state index in [4.69, 9.17) is 11.6 Å². The second-order valence-corrected chi connectivity index (χ2v) is 6.74. The summed E-state index contributed by atoms with van der Waals surface area (Å²) in [6, 6.07) is 12.8. The van der Waals surface area contributed by atoms with Gasteiger partial charge in [-0.25, -0.2) is 9.37 Å². The van der Waals surface area contributed by atoms with Crippen molar-refractivity contribution in [3.63, 3.8) is 0 Å². The molecule has 2 heterocycles. The fourth-order valence-corrected chi connectivity index (χ4v) is 3.28. The third kappa shape index (κ3) is 3.36. The van der Waals surface area contributed by atoms with Crippen molar-refractivity contribution in [2.45, 2.75) is 13.0 Å². The Morgan fingerprint density at radius 3 is 2.63 bits per heavy atom. The summed E-state index contributed by atoms with van der Waals surface area (Å²) >= 11 is 5.86. The number of nitrogens with one attached hydrogen (secondary N) is 1. The number of carbonyl (C=O) groups is 1. The van der Waals surface area contributed by atoms with E-state index in [1.165, 1.54) is 6.07 Å². The van der Waals surface area contributed by atoms with E-state index in [9.17, 15) is 14.0 Å². The molecule has 1 amide bonds. The molecule has 1 aliphatic rings. The molecule has 4 rings (SSSR count). The summed E-state index contributed by atoms with van der Waals surface area (Å²) in [4.78, 5) is 33.9. The van der Waals surface area contributed by atoms with Gasteiger partial charge in [0.05, 0.1) is 23.4 Å². The van der Waals surface area contributed by atoms with Crippen molar-refractivity contribution in [1.29, 1.82) is 0 Å². The van der Waals surface area contributed by atoms with Crippen LogP contribution in [0, 0.1) is 5.82 Å². The number of benzene rings is 2. The van der Waals surface area contributed by atoms with E-state index in [2.05, 4.69) is 9.97 Å². The van der Waals surface area contributed by atoms with Gasteiger partial charge in [-0.3, -0.25) is 9.59 Å². The fourth-order valence-electron chi connectivity index (χ4n) is 3.15. The number of amides is 1. The lowest BCUT2D eigenvalue weighted by Gasteiger charge is -2.28. The van der Waals surface area contributed by atoms with Crippen LogP contribution < -0.4 is 5.56 Å². The molecule has 136 valence electrons. The number of aromatic amines is 1. The van der Waals surface area contributed by atoms with Crippen LogP contribution in [0.25, 0.3) is 11.4 Å². The molecule has 0 atom stereocenters. The Balaban J connectivity index is 1.64. The second kappa shape index (κ2) is 6.96. The molecule has 0 saturated carbocycles. The maximum absolute atomic E-state index is 14.0. The lowest BCUT2D eigenvalue weighted by molar-refractivity contribution is 0.0732. The lowest BCUT2D eigenvalue weighted by Crippen LogP contribution is -2.39. The smallest absolute Gasteiger partial charge is 0.256 e. The number of H-pyrrole nitrogens is 1. The Morgan fingerprint density at radius 2 is 1.89 bits per heavy atom. The summed E-state index contributed by atoms with van der Waals surface area (Å²) in [5.41, 5.74) is 1.43. The molecular formula is C20H15ClFN3O2. The van der Waals surface area contributed by atoms with E-state index in [0.717, 1.165) is 0 Å². The molecule has 0 radical (unpaired) electrons. The van der Waals surface area contributed by atoms with Crippen LogP contribution in [0.2, 0.25) is 5.02 Å². The Kier molecular flexibility index (Phi) is 4.49. The number of fused-ring (bicyclic) bond motifs is 1. The third-order valence-corrected chi connectivity index (χ3v) is 4.83. The van der Waals surface area contributed by atoms with Crippen LogP contribution in [0.15, 0.2) is 53.3 Å². The van der Waals surface area contributed by atoms with Gasteiger partial charge in [0.1, 0.15) is 11.6 Å². The van der Waals surface area contributed by atoms with Crippen molar-refractivity contribution >= 4 is 17.5 Å². The number of nitrogens with zero attached hydrogens (tertiary/aromatic N) is 2. The normalized spacial score (nSPS) is 13.3. The van der Waals surface area contributed by atoms with Gasteiger partial charge in [-0.15, -0.1) is 0 Å². The van der Waals surface area contributed by atoms with Crippen LogP contribution in [0.5, 0.6) is 0 Å². The van der Waals surface area contributed by atoms with Crippen LogP contribution in [0.3, 0.4) is 0 Å². The van der Waals surface area contributed by atoms with Crippen molar-refractivity contribution in [3.8, 4) is 11.4 Å². The first-order chi connectivity index (χ1) is 13.0. The number of hydrogen-bond donors (Lipinski definition) is 1.